The fourth-order valence-electron chi connectivity index (χ4n) is 2.82. The van der Waals surface area contributed by atoms with Crippen molar-refractivity contribution in [3.8, 4) is 0 Å². The predicted octanol–water partition coefficient (Wildman–Crippen LogP) is 3.77. The predicted molar refractivity (Wildman–Crippen MR) is 103 cm³/mol. The number of ether oxygens (including phenoxy) is 3. The maximum atomic E-state index is 12.2. The summed E-state index contributed by atoms with van der Waals surface area (Å²) in [4.78, 5) is 27.4. The summed E-state index contributed by atoms with van der Waals surface area (Å²) in [5.41, 5.74) is 1.02. The van der Waals surface area contributed by atoms with E-state index in [-0.39, 0.29) is 6.79 Å². The molecule has 1 amide bonds. The van der Waals surface area contributed by atoms with Crippen LogP contribution in [-0.4, -0.2) is 42.1 Å². The number of para-hydroxylation sites is 1. The Morgan fingerprint density at radius 1 is 1.15 bits per heavy atom. The Morgan fingerprint density at radius 3 is 2.48 bits per heavy atom. The highest BCUT2D eigenvalue weighted by Gasteiger charge is 2.26. The fraction of sp³-hybridized carbons (Fsp3) is 0.500. The number of nitrogens with one attached hydrogen (secondary N) is 2. The van der Waals surface area contributed by atoms with Gasteiger partial charge in [0.05, 0.1) is 11.1 Å². The van der Waals surface area contributed by atoms with Gasteiger partial charge in [0.1, 0.15) is 5.60 Å². The van der Waals surface area contributed by atoms with Crippen LogP contribution in [0.15, 0.2) is 24.4 Å². The van der Waals surface area contributed by atoms with Crippen molar-refractivity contribution in [2.45, 2.75) is 52.2 Å². The standard InChI is InChI=1S/C20H28N2O5/c1-19(2,3)27-18(24)22-20(4,5)10-13-11-21-16-14(13)8-7-9-15(16)17(23)26-12-25-6/h7-9,11,21H,10,12H2,1-6H3,(H,22,24). The number of H-pyrrole nitrogens is 1. The summed E-state index contributed by atoms with van der Waals surface area (Å²) >= 11 is 0. The SMILES string of the molecule is COCOC(=O)c1cccc2c(CC(C)(C)NC(=O)OC(C)(C)C)c[nH]c12. The normalized spacial score (nSPS) is 12.1. The van der Waals surface area contributed by atoms with E-state index in [1.807, 2.05) is 46.9 Å². The molecule has 0 unspecified atom stereocenters. The van der Waals surface area contributed by atoms with Crippen LogP contribution in [0.2, 0.25) is 0 Å². The van der Waals surface area contributed by atoms with Crippen LogP contribution in [0.5, 0.6) is 0 Å². The monoisotopic (exact) mass is 376 g/mol. The smallest absolute Gasteiger partial charge is 0.408 e. The van der Waals surface area contributed by atoms with E-state index >= 15 is 0 Å². The Morgan fingerprint density at radius 2 is 1.85 bits per heavy atom. The van der Waals surface area contributed by atoms with Gasteiger partial charge in [-0.3, -0.25) is 0 Å². The first-order chi connectivity index (χ1) is 12.5. The van der Waals surface area contributed by atoms with E-state index in [2.05, 4.69) is 10.3 Å². The van der Waals surface area contributed by atoms with Crippen LogP contribution in [0.3, 0.4) is 0 Å². The van der Waals surface area contributed by atoms with Gasteiger partial charge in [-0.15, -0.1) is 0 Å². The van der Waals surface area contributed by atoms with Gasteiger partial charge in [-0.2, -0.15) is 0 Å². The number of aromatic nitrogens is 1. The molecule has 0 aliphatic rings. The number of esters is 1. The second-order valence-electron chi connectivity index (χ2n) is 8.07. The van der Waals surface area contributed by atoms with E-state index in [1.54, 1.807) is 12.1 Å². The van der Waals surface area contributed by atoms with Gasteiger partial charge in [-0.1, -0.05) is 12.1 Å². The number of fused-ring (bicyclic) bond motifs is 1. The number of benzene rings is 1. The Labute approximate surface area is 159 Å². The molecule has 0 spiro atoms. The van der Waals surface area contributed by atoms with Crippen LogP contribution in [0.1, 0.15) is 50.5 Å². The Hall–Kier alpha value is -2.54. The summed E-state index contributed by atoms with van der Waals surface area (Å²) in [6.07, 6.45) is 1.94. The van der Waals surface area contributed by atoms with Crippen molar-refractivity contribution >= 4 is 23.0 Å². The minimum atomic E-state index is -0.557. The molecule has 27 heavy (non-hydrogen) atoms. The van der Waals surface area contributed by atoms with Crippen molar-refractivity contribution < 1.29 is 23.8 Å². The van der Waals surface area contributed by atoms with Gasteiger partial charge in [0.25, 0.3) is 0 Å². The highest BCUT2D eigenvalue weighted by molar-refractivity contribution is 6.03. The third-order valence-corrected chi connectivity index (χ3v) is 3.80. The van der Waals surface area contributed by atoms with Crippen molar-refractivity contribution in [3.63, 3.8) is 0 Å². The van der Waals surface area contributed by atoms with Crippen molar-refractivity contribution in [1.29, 1.82) is 0 Å². The molecule has 2 aromatic rings. The largest absolute Gasteiger partial charge is 0.444 e. The topological polar surface area (TPSA) is 89.7 Å². The number of hydrogen-bond donors (Lipinski definition) is 2. The van der Waals surface area contributed by atoms with Gasteiger partial charge in [0.2, 0.25) is 0 Å². The molecule has 1 aromatic heterocycles. The molecule has 7 heteroatoms. The minimum absolute atomic E-state index is 0.102. The van der Waals surface area contributed by atoms with Gasteiger partial charge >= 0.3 is 12.1 Å². The molecule has 1 heterocycles. The van der Waals surface area contributed by atoms with Gasteiger partial charge in [-0.25, -0.2) is 9.59 Å². The molecule has 0 aliphatic heterocycles. The van der Waals surface area contributed by atoms with Crippen LogP contribution in [0, 0.1) is 0 Å². The van der Waals surface area contributed by atoms with Crippen LogP contribution in [0.4, 0.5) is 4.79 Å². The van der Waals surface area contributed by atoms with Crippen molar-refractivity contribution in [2.24, 2.45) is 0 Å². The van der Waals surface area contributed by atoms with Crippen LogP contribution < -0.4 is 5.32 Å². The maximum Gasteiger partial charge on any atom is 0.408 e. The zero-order valence-corrected chi connectivity index (χ0v) is 16.8. The molecular weight excluding hydrogens is 348 g/mol. The molecule has 1 aromatic carbocycles. The van der Waals surface area contributed by atoms with Gasteiger partial charge in [0.15, 0.2) is 6.79 Å². The molecule has 0 saturated heterocycles. The second-order valence-corrected chi connectivity index (χ2v) is 8.07. The summed E-state index contributed by atoms with van der Waals surface area (Å²) in [7, 11) is 1.46. The highest BCUT2D eigenvalue weighted by Crippen LogP contribution is 2.26. The lowest BCUT2D eigenvalue weighted by atomic mass is 9.94. The molecule has 148 valence electrons. The molecule has 2 rings (SSSR count). The molecule has 7 nitrogen and oxygen atoms in total. The second kappa shape index (κ2) is 8.00. The number of amides is 1. The average Bonchev–Trinajstić information content (AvgIpc) is 2.92. The maximum absolute atomic E-state index is 12.2. The van der Waals surface area contributed by atoms with Gasteiger partial charge in [0, 0.05) is 24.2 Å². The number of methoxy groups -OCH3 is 1. The molecule has 0 atom stereocenters. The Balaban J connectivity index is 2.19. The number of hydrogen-bond acceptors (Lipinski definition) is 5. The third-order valence-electron chi connectivity index (χ3n) is 3.80. The lowest BCUT2D eigenvalue weighted by Gasteiger charge is -2.28. The van der Waals surface area contributed by atoms with E-state index in [4.69, 9.17) is 14.2 Å². The van der Waals surface area contributed by atoms with Gasteiger partial charge in [-0.05, 0) is 52.7 Å². The summed E-state index contributed by atoms with van der Waals surface area (Å²) in [6.45, 7) is 9.21. The number of alkyl carbamates (subject to hydrolysis) is 1. The molecular formula is C20H28N2O5. The fourth-order valence-corrected chi connectivity index (χ4v) is 2.82. The zero-order valence-electron chi connectivity index (χ0n) is 16.8. The highest BCUT2D eigenvalue weighted by atomic mass is 16.7. The molecule has 2 N–H and O–H groups in total. The quantitative estimate of drug-likeness (QED) is 0.592. The summed E-state index contributed by atoms with van der Waals surface area (Å²) in [6, 6.07) is 5.43. The summed E-state index contributed by atoms with van der Waals surface area (Å²) in [5, 5.41) is 3.80. The number of aromatic amines is 1. The molecule has 0 radical (unpaired) electrons. The van der Waals surface area contributed by atoms with E-state index in [9.17, 15) is 9.59 Å². The first-order valence-electron chi connectivity index (χ1n) is 8.78. The summed E-state index contributed by atoms with van der Waals surface area (Å²) in [5.74, 6) is -0.456. The molecule has 0 saturated carbocycles. The number of carbonyl (C=O) groups excluding carboxylic acids is 2. The van der Waals surface area contributed by atoms with E-state index in [1.165, 1.54) is 7.11 Å². The lowest BCUT2D eigenvalue weighted by molar-refractivity contribution is -0.0123. The minimum Gasteiger partial charge on any atom is -0.444 e. The van der Waals surface area contributed by atoms with Crippen molar-refractivity contribution in [1.82, 2.24) is 10.3 Å². The Kier molecular flexibility index (Phi) is 6.15. The van der Waals surface area contributed by atoms with E-state index < -0.39 is 23.2 Å². The lowest BCUT2D eigenvalue weighted by Crippen LogP contribution is -2.47. The first kappa shape index (κ1) is 20.8. The Bertz CT molecular complexity index is 817. The molecule has 0 bridgehead atoms. The molecule has 0 fully saturated rings. The van der Waals surface area contributed by atoms with Crippen molar-refractivity contribution in [2.75, 3.05) is 13.9 Å². The van der Waals surface area contributed by atoms with E-state index in [0.717, 1.165) is 10.9 Å². The number of rotatable bonds is 6. The zero-order chi connectivity index (χ0) is 20.2. The number of carbonyl (C=O) groups is 2. The van der Waals surface area contributed by atoms with E-state index in [0.29, 0.717) is 17.5 Å². The average molecular weight is 376 g/mol. The van der Waals surface area contributed by atoms with Gasteiger partial charge < -0.3 is 24.5 Å². The molecule has 0 aliphatic carbocycles. The van der Waals surface area contributed by atoms with Crippen LogP contribution >= 0.6 is 0 Å². The van der Waals surface area contributed by atoms with Crippen molar-refractivity contribution in [3.05, 3.63) is 35.5 Å². The van der Waals surface area contributed by atoms with Crippen LogP contribution in [-0.2, 0) is 20.6 Å². The van der Waals surface area contributed by atoms with Crippen LogP contribution in [0.25, 0.3) is 10.9 Å². The first-order valence-corrected chi connectivity index (χ1v) is 8.78. The summed E-state index contributed by atoms with van der Waals surface area (Å²) < 4.78 is 15.2. The third kappa shape index (κ3) is 5.72.